The molecule has 4 heteroatoms. The number of hydrogen-bond donors (Lipinski definition) is 1. The predicted octanol–water partition coefficient (Wildman–Crippen LogP) is 2.85. The summed E-state index contributed by atoms with van der Waals surface area (Å²) >= 11 is 1.95. The molecule has 0 aliphatic carbocycles. The maximum absolute atomic E-state index is 5.73. The van der Waals surface area contributed by atoms with Crippen molar-refractivity contribution < 1.29 is 4.74 Å². The van der Waals surface area contributed by atoms with Crippen molar-refractivity contribution in [2.75, 3.05) is 45.4 Å². The predicted molar refractivity (Wildman–Crippen MR) is 90.7 cm³/mol. The Labute approximate surface area is 130 Å². The summed E-state index contributed by atoms with van der Waals surface area (Å²) in [5.41, 5.74) is 0.464. The summed E-state index contributed by atoms with van der Waals surface area (Å²) in [6.07, 6.45) is 4.60. The fourth-order valence-corrected chi connectivity index (χ4v) is 3.70. The van der Waals surface area contributed by atoms with E-state index in [4.69, 9.17) is 4.74 Å². The van der Waals surface area contributed by atoms with Crippen LogP contribution in [0.25, 0.3) is 0 Å². The van der Waals surface area contributed by atoms with Crippen LogP contribution in [0.4, 0.5) is 0 Å². The number of nitrogens with one attached hydrogen (secondary N) is 1. The highest BCUT2D eigenvalue weighted by Crippen LogP contribution is 2.30. The molecule has 120 valence electrons. The first-order valence-corrected chi connectivity index (χ1v) is 9.23. The number of thioether (sulfide) groups is 1. The van der Waals surface area contributed by atoms with Gasteiger partial charge in [0.2, 0.25) is 0 Å². The van der Waals surface area contributed by atoms with Crippen LogP contribution in [0.5, 0.6) is 0 Å². The lowest BCUT2D eigenvalue weighted by atomic mass is 9.85. The molecule has 2 unspecified atom stereocenters. The molecule has 2 atom stereocenters. The van der Waals surface area contributed by atoms with Crippen molar-refractivity contribution >= 4 is 11.8 Å². The lowest BCUT2D eigenvalue weighted by Gasteiger charge is -2.38. The zero-order valence-corrected chi connectivity index (χ0v) is 15.1. The van der Waals surface area contributed by atoms with E-state index >= 15 is 0 Å². The smallest absolute Gasteiger partial charge is 0.0547 e. The van der Waals surface area contributed by atoms with Gasteiger partial charge in [0.15, 0.2) is 0 Å². The second kappa shape index (κ2) is 8.02. The molecule has 0 amide bonds. The number of nitrogens with zero attached hydrogens (tertiary/aromatic N) is 1. The summed E-state index contributed by atoms with van der Waals surface area (Å²) in [5, 5.41) is 3.69. The summed E-state index contributed by atoms with van der Waals surface area (Å²) < 4.78 is 5.73. The molecular formula is C16H34N2OS. The lowest BCUT2D eigenvalue weighted by molar-refractivity contribution is 0.0988. The highest BCUT2D eigenvalue weighted by Gasteiger charge is 2.37. The highest BCUT2D eigenvalue weighted by atomic mass is 32.2. The third kappa shape index (κ3) is 5.92. The topological polar surface area (TPSA) is 24.5 Å². The van der Waals surface area contributed by atoms with E-state index in [1.54, 1.807) is 0 Å². The Balaban J connectivity index is 2.61. The normalized spacial score (nSPS) is 25.4. The summed E-state index contributed by atoms with van der Waals surface area (Å²) in [7, 11) is 2.28. The van der Waals surface area contributed by atoms with Crippen molar-refractivity contribution in [1.82, 2.24) is 10.2 Å². The van der Waals surface area contributed by atoms with Gasteiger partial charge >= 0.3 is 0 Å². The van der Waals surface area contributed by atoms with Crippen molar-refractivity contribution in [1.29, 1.82) is 0 Å². The molecule has 3 nitrogen and oxygen atoms in total. The van der Waals surface area contributed by atoms with E-state index in [0.29, 0.717) is 6.04 Å². The van der Waals surface area contributed by atoms with Crippen LogP contribution in [0.3, 0.4) is 0 Å². The lowest BCUT2D eigenvalue weighted by Crippen LogP contribution is -2.50. The second-order valence-corrected chi connectivity index (χ2v) is 8.25. The molecule has 0 bridgehead atoms. The molecule has 0 spiro atoms. The molecule has 0 aromatic carbocycles. The zero-order chi connectivity index (χ0) is 15.2. The molecule has 1 fully saturated rings. The van der Waals surface area contributed by atoms with Gasteiger partial charge in [-0.3, -0.25) is 0 Å². The molecule has 0 aromatic heterocycles. The van der Waals surface area contributed by atoms with E-state index in [1.165, 1.54) is 18.6 Å². The molecule has 1 aliphatic rings. The van der Waals surface area contributed by atoms with Crippen molar-refractivity contribution in [2.45, 2.75) is 52.1 Å². The fourth-order valence-electron chi connectivity index (χ4n) is 2.83. The highest BCUT2D eigenvalue weighted by molar-refractivity contribution is 7.98. The van der Waals surface area contributed by atoms with Crippen LogP contribution in [0.2, 0.25) is 0 Å². The van der Waals surface area contributed by atoms with Crippen LogP contribution in [-0.4, -0.2) is 61.8 Å². The molecule has 1 saturated heterocycles. The molecule has 1 N–H and O–H groups in total. The Morgan fingerprint density at radius 2 is 2.10 bits per heavy atom. The van der Waals surface area contributed by atoms with Crippen LogP contribution < -0.4 is 5.32 Å². The van der Waals surface area contributed by atoms with E-state index < -0.39 is 0 Å². The molecular weight excluding hydrogens is 268 g/mol. The van der Waals surface area contributed by atoms with Gasteiger partial charge in [-0.15, -0.1) is 0 Å². The molecule has 1 aliphatic heterocycles. The Kier molecular flexibility index (Phi) is 7.33. The van der Waals surface area contributed by atoms with E-state index in [-0.39, 0.29) is 11.0 Å². The van der Waals surface area contributed by atoms with Gasteiger partial charge in [0.05, 0.1) is 6.61 Å². The Morgan fingerprint density at radius 1 is 1.40 bits per heavy atom. The molecule has 1 rings (SSSR count). The van der Waals surface area contributed by atoms with Gasteiger partial charge in [0, 0.05) is 42.4 Å². The quantitative estimate of drug-likeness (QED) is 0.745. The van der Waals surface area contributed by atoms with Crippen molar-refractivity contribution in [3.8, 4) is 0 Å². The van der Waals surface area contributed by atoms with E-state index in [0.717, 1.165) is 26.3 Å². The van der Waals surface area contributed by atoms with Gasteiger partial charge in [-0.05, 0) is 46.9 Å². The first-order chi connectivity index (χ1) is 9.32. The van der Waals surface area contributed by atoms with Crippen LogP contribution >= 0.6 is 11.8 Å². The molecule has 0 radical (unpaired) electrons. The van der Waals surface area contributed by atoms with Gasteiger partial charge in [0.1, 0.15) is 0 Å². The van der Waals surface area contributed by atoms with Crippen LogP contribution in [-0.2, 0) is 4.74 Å². The second-order valence-electron chi connectivity index (χ2n) is 7.34. The van der Waals surface area contributed by atoms with Gasteiger partial charge in [-0.2, -0.15) is 11.8 Å². The van der Waals surface area contributed by atoms with Crippen LogP contribution in [0.15, 0.2) is 0 Å². The van der Waals surface area contributed by atoms with E-state index in [1.807, 2.05) is 11.8 Å². The maximum atomic E-state index is 5.73. The Morgan fingerprint density at radius 3 is 2.55 bits per heavy atom. The van der Waals surface area contributed by atoms with Gasteiger partial charge < -0.3 is 15.0 Å². The molecule has 0 saturated carbocycles. The minimum absolute atomic E-state index is 0.178. The minimum Gasteiger partial charge on any atom is -0.381 e. The van der Waals surface area contributed by atoms with E-state index in [9.17, 15) is 0 Å². The fraction of sp³-hybridized carbons (Fsp3) is 1.00. The number of ether oxygens (including phenoxy) is 1. The largest absolute Gasteiger partial charge is 0.381 e. The monoisotopic (exact) mass is 302 g/mol. The van der Waals surface area contributed by atoms with Crippen molar-refractivity contribution in [3.05, 3.63) is 0 Å². The minimum atomic E-state index is 0.178. The van der Waals surface area contributed by atoms with Gasteiger partial charge in [-0.25, -0.2) is 0 Å². The van der Waals surface area contributed by atoms with Gasteiger partial charge in [0.25, 0.3) is 0 Å². The summed E-state index contributed by atoms with van der Waals surface area (Å²) in [6, 6.07) is 0.678. The third-order valence-corrected chi connectivity index (χ3v) is 4.94. The standard InChI is InChI=1S/C16H34N2OS/c1-7-14(10-20-6)18(5)12-16(8-9-19-13-16)11-17-15(2,3)4/h14,17H,7-13H2,1-6H3. The molecule has 1 heterocycles. The summed E-state index contributed by atoms with van der Waals surface area (Å²) in [5.74, 6) is 1.22. The van der Waals surface area contributed by atoms with Crippen LogP contribution in [0.1, 0.15) is 40.5 Å². The summed E-state index contributed by atoms with van der Waals surface area (Å²) in [4.78, 5) is 2.55. The Hall–Kier alpha value is 0.230. The molecule has 0 aromatic rings. The first-order valence-electron chi connectivity index (χ1n) is 7.84. The average molecular weight is 303 g/mol. The summed E-state index contributed by atoms with van der Waals surface area (Å²) in [6.45, 7) is 13.0. The number of hydrogen-bond acceptors (Lipinski definition) is 4. The average Bonchev–Trinajstić information content (AvgIpc) is 2.81. The Bertz CT molecular complexity index is 272. The van der Waals surface area contributed by atoms with Crippen molar-refractivity contribution in [2.24, 2.45) is 5.41 Å². The SMILES string of the molecule is CCC(CSC)N(C)CC1(CNC(C)(C)C)CCOC1. The third-order valence-electron chi connectivity index (χ3n) is 4.22. The molecule has 20 heavy (non-hydrogen) atoms. The number of rotatable bonds is 8. The van der Waals surface area contributed by atoms with E-state index in [2.05, 4.69) is 51.2 Å². The first kappa shape index (κ1) is 18.3. The van der Waals surface area contributed by atoms with Gasteiger partial charge in [-0.1, -0.05) is 6.92 Å². The van der Waals surface area contributed by atoms with Crippen molar-refractivity contribution in [3.63, 3.8) is 0 Å². The zero-order valence-electron chi connectivity index (χ0n) is 14.3. The van der Waals surface area contributed by atoms with Crippen LogP contribution in [0, 0.1) is 5.41 Å². The maximum Gasteiger partial charge on any atom is 0.0547 e.